The van der Waals surface area contributed by atoms with Crippen LogP contribution in [0, 0.1) is 17.6 Å². The standard InChI is InChI=1S/C15H18F2N2O4/c1-7(2)12(14(21)18-8(3)15(22)23)19-13(20)11-9(16)5-4-6-10(11)17/h4-8,12H,1-3H3,(H,18,21)(H,19,20)(H,22,23). The van der Waals surface area contributed by atoms with E-state index in [1.54, 1.807) is 13.8 Å². The molecule has 6 nitrogen and oxygen atoms in total. The van der Waals surface area contributed by atoms with Gasteiger partial charge in [0.05, 0.1) is 0 Å². The summed E-state index contributed by atoms with van der Waals surface area (Å²) >= 11 is 0. The van der Waals surface area contributed by atoms with Crippen LogP contribution in [0.15, 0.2) is 18.2 Å². The van der Waals surface area contributed by atoms with Gasteiger partial charge in [-0.3, -0.25) is 14.4 Å². The summed E-state index contributed by atoms with van der Waals surface area (Å²) in [5.74, 6) is -5.60. The molecule has 0 saturated heterocycles. The highest BCUT2D eigenvalue weighted by Crippen LogP contribution is 2.13. The largest absolute Gasteiger partial charge is 0.480 e. The Morgan fingerprint density at radius 3 is 2.00 bits per heavy atom. The van der Waals surface area contributed by atoms with E-state index in [2.05, 4.69) is 10.6 Å². The summed E-state index contributed by atoms with van der Waals surface area (Å²) in [5, 5.41) is 13.2. The molecule has 1 aromatic carbocycles. The maximum Gasteiger partial charge on any atom is 0.325 e. The van der Waals surface area contributed by atoms with Crippen molar-refractivity contribution in [1.82, 2.24) is 10.6 Å². The zero-order valence-electron chi connectivity index (χ0n) is 12.9. The van der Waals surface area contributed by atoms with Crippen molar-refractivity contribution in [2.45, 2.75) is 32.9 Å². The topological polar surface area (TPSA) is 95.5 Å². The van der Waals surface area contributed by atoms with Crippen molar-refractivity contribution >= 4 is 17.8 Å². The second-order valence-electron chi connectivity index (χ2n) is 5.36. The van der Waals surface area contributed by atoms with Crippen LogP contribution in [0.3, 0.4) is 0 Å². The fourth-order valence-corrected chi connectivity index (χ4v) is 1.83. The molecule has 2 amide bonds. The van der Waals surface area contributed by atoms with Crippen LogP contribution in [-0.4, -0.2) is 35.0 Å². The maximum atomic E-state index is 13.6. The molecule has 0 heterocycles. The SMILES string of the molecule is CC(NC(=O)C(NC(=O)c1c(F)cccc1F)C(C)C)C(=O)O. The van der Waals surface area contributed by atoms with Gasteiger partial charge in [-0.25, -0.2) is 8.78 Å². The van der Waals surface area contributed by atoms with Crippen LogP contribution in [0.1, 0.15) is 31.1 Å². The number of nitrogens with one attached hydrogen (secondary N) is 2. The average Bonchev–Trinajstić information content (AvgIpc) is 2.43. The van der Waals surface area contributed by atoms with E-state index in [1.165, 1.54) is 6.92 Å². The number of aliphatic carboxylic acids is 1. The Kier molecular flexibility index (Phi) is 6.18. The van der Waals surface area contributed by atoms with Gasteiger partial charge in [-0.2, -0.15) is 0 Å². The summed E-state index contributed by atoms with van der Waals surface area (Å²) in [6.45, 7) is 4.47. The minimum Gasteiger partial charge on any atom is -0.480 e. The molecular formula is C15H18F2N2O4. The van der Waals surface area contributed by atoms with Gasteiger partial charge in [-0.05, 0) is 25.0 Å². The number of carbonyl (C=O) groups is 3. The summed E-state index contributed by atoms with van der Waals surface area (Å²) in [6, 6.07) is 0.668. The van der Waals surface area contributed by atoms with Gasteiger partial charge in [0.1, 0.15) is 29.3 Å². The number of carboxylic acid groups (broad SMARTS) is 1. The summed E-state index contributed by atoms with van der Waals surface area (Å²) in [5.41, 5.74) is -0.794. The molecule has 0 aliphatic rings. The molecule has 0 aliphatic carbocycles. The van der Waals surface area contributed by atoms with Crippen LogP contribution in [0.2, 0.25) is 0 Å². The fraction of sp³-hybridized carbons (Fsp3) is 0.400. The monoisotopic (exact) mass is 328 g/mol. The van der Waals surface area contributed by atoms with Gasteiger partial charge < -0.3 is 15.7 Å². The number of amides is 2. The highest BCUT2D eigenvalue weighted by atomic mass is 19.1. The third kappa shape index (κ3) is 4.73. The molecule has 2 atom stereocenters. The molecule has 0 radical (unpaired) electrons. The summed E-state index contributed by atoms with van der Waals surface area (Å²) in [7, 11) is 0. The predicted molar refractivity (Wildman–Crippen MR) is 77.7 cm³/mol. The van der Waals surface area contributed by atoms with Crippen LogP contribution in [0.25, 0.3) is 0 Å². The molecule has 0 fully saturated rings. The molecule has 1 aromatic rings. The number of rotatable bonds is 6. The molecule has 23 heavy (non-hydrogen) atoms. The Labute approximate surface area is 131 Å². The minimum atomic E-state index is -1.24. The lowest BCUT2D eigenvalue weighted by molar-refractivity contribution is -0.141. The van der Waals surface area contributed by atoms with Crippen molar-refractivity contribution in [1.29, 1.82) is 0 Å². The zero-order valence-corrected chi connectivity index (χ0v) is 12.9. The molecule has 0 aromatic heterocycles. The van der Waals surface area contributed by atoms with Gasteiger partial charge >= 0.3 is 5.97 Å². The van der Waals surface area contributed by atoms with Crippen molar-refractivity contribution in [2.75, 3.05) is 0 Å². The minimum absolute atomic E-state index is 0.422. The van der Waals surface area contributed by atoms with E-state index in [4.69, 9.17) is 5.11 Å². The van der Waals surface area contributed by atoms with Crippen molar-refractivity contribution in [3.63, 3.8) is 0 Å². The molecule has 0 spiro atoms. The third-order valence-corrected chi connectivity index (χ3v) is 3.15. The highest BCUT2D eigenvalue weighted by molar-refractivity contribution is 5.98. The Morgan fingerprint density at radius 1 is 1.04 bits per heavy atom. The summed E-state index contributed by atoms with van der Waals surface area (Å²) in [6.07, 6.45) is 0. The first-order chi connectivity index (χ1) is 10.6. The summed E-state index contributed by atoms with van der Waals surface area (Å²) < 4.78 is 27.2. The molecule has 1 rings (SSSR count). The van der Waals surface area contributed by atoms with E-state index >= 15 is 0 Å². The Balaban J connectivity index is 2.94. The van der Waals surface area contributed by atoms with Crippen LogP contribution in [0.4, 0.5) is 8.78 Å². The van der Waals surface area contributed by atoms with Gasteiger partial charge in [0.2, 0.25) is 5.91 Å². The lowest BCUT2D eigenvalue weighted by Gasteiger charge is -2.23. The Bertz CT molecular complexity index is 599. The molecular weight excluding hydrogens is 310 g/mol. The fourth-order valence-electron chi connectivity index (χ4n) is 1.83. The average molecular weight is 328 g/mol. The van der Waals surface area contributed by atoms with E-state index < -0.39 is 53.0 Å². The van der Waals surface area contributed by atoms with Gasteiger partial charge in [0, 0.05) is 0 Å². The van der Waals surface area contributed by atoms with Gasteiger partial charge in [0.15, 0.2) is 0 Å². The Morgan fingerprint density at radius 2 is 1.57 bits per heavy atom. The maximum absolute atomic E-state index is 13.6. The van der Waals surface area contributed by atoms with E-state index in [0.717, 1.165) is 18.2 Å². The van der Waals surface area contributed by atoms with Gasteiger partial charge in [0.25, 0.3) is 5.91 Å². The molecule has 0 bridgehead atoms. The molecule has 2 unspecified atom stereocenters. The quantitative estimate of drug-likeness (QED) is 0.734. The van der Waals surface area contributed by atoms with Gasteiger partial charge in [-0.1, -0.05) is 19.9 Å². The second kappa shape index (κ2) is 7.66. The van der Waals surface area contributed by atoms with Gasteiger partial charge in [-0.15, -0.1) is 0 Å². The van der Waals surface area contributed by atoms with Crippen LogP contribution < -0.4 is 10.6 Å². The number of carbonyl (C=O) groups excluding carboxylic acids is 2. The van der Waals surface area contributed by atoms with Crippen molar-refractivity contribution in [3.05, 3.63) is 35.4 Å². The smallest absolute Gasteiger partial charge is 0.325 e. The van der Waals surface area contributed by atoms with E-state index in [1.807, 2.05) is 0 Å². The molecule has 3 N–H and O–H groups in total. The molecule has 0 saturated carbocycles. The van der Waals surface area contributed by atoms with E-state index in [9.17, 15) is 23.2 Å². The van der Waals surface area contributed by atoms with Crippen molar-refractivity contribution < 1.29 is 28.3 Å². The summed E-state index contributed by atoms with van der Waals surface area (Å²) in [4.78, 5) is 34.9. The number of hydrogen-bond donors (Lipinski definition) is 3. The lowest BCUT2D eigenvalue weighted by Crippen LogP contribution is -2.53. The third-order valence-electron chi connectivity index (χ3n) is 3.15. The number of hydrogen-bond acceptors (Lipinski definition) is 3. The lowest BCUT2D eigenvalue weighted by atomic mass is 10.0. The highest BCUT2D eigenvalue weighted by Gasteiger charge is 2.28. The first-order valence-electron chi connectivity index (χ1n) is 6.93. The zero-order chi connectivity index (χ0) is 17.7. The number of carboxylic acids is 1. The first kappa shape index (κ1) is 18.5. The first-order valence-corrected chi connectivity index (χ1v) is 6.93. The molecule has 126 valence electrons. The van der Waals surface area contributed by atoms with Crippen LogP contribution in [-0.2, 0) is 9.59 Å². The second-order valence-corrected chi connectivity index (χ2v) is 5.36. The van der Waals surface area contributed by atoms with E-state index in [-0.39, 0.29) is 0 Å². The van der Waals surface area contributed by atoms with Crippen LogP contribution >= 0.6 is 0 Å². The normalized spacial score (nSPS) is 13.3. The molecule has 0 aliphatic heterocycles. The number of benzene rings is 1. The van der Waals surface area contributed by atoms with E-state index in [0.29, 0.717) is 0 Å². The number of halogens is 2. The molecule has 8 heteroatoms. The van der Waals surface area contributed by atoms with Crippen molar-refractivity contribution in [2.24, 2.45) is 5.92 Å². The van der Waals surface area contributed by atoms with Crippen LogP contribution in [0.5, 0.6) is 0 Å². The predicted octanol–water partition coefficient (Wildman–Crippen LogP) is 1.31. The Hall–Kier alpha value is -2.51. The van der Waals surface area contributed by atoms with Crippen molar-refractivity contribution in [3.8, 4) is 0 Å².